The Labute approximate surface area is 175 Å². The molecule has 4 rings (SSSR count). The van der Waals surface area contributed by atoms with E-state index in [1.54, 1.807) is 21.3 Å². The predicted molar refractivity (Wildman–Crippen MR) is 110 cm³/mol. The quantitative estimate of drug-likeness (QED) is 0.586. The van der Waals surface area contributed by atoms with Crippen LogP contribution in [0, 0.1) is 0 Å². The van der Waals surface area contributed by atoms with Crippen LogP contribution in [0.2, 0.25) is 0 Å². The minimum atomic E-state index is -0.272. The van der Waals surface area contributed by atoms with Crippen molar-refractivity contribution in [3.05, 3.63) is 53.9 Å². The lowest BCUT2D eigenvalue weighted by Crippen LogP contribution is -2.37. The van der Waals surface area contributed by atoms with Gasteiger partial charge in [-0.25, -0.2) is 0 Å². The van der Waals surface area contributed by atoms with Crippen LogP contribution < -0.4 is 14.2 Å². The van der Waals surface area contributed by atoms with Crippen LogP contribution in [0.5, 0.6) is 17.2 Å². The van der Waals surface area contributed by atoms with E-state index in [0.29, 0.717) is 48.7 Å². The SMILES string of the molecule is COc1cc(CN2CCOC(c3nc(-c4ccccc4)no3)C2)cc(OC)c1OC. The number of morpholine rings is 1. The van der Waals surface area contributed by atoms with Gasteiger partial charge in [0, 0.05) is 25.2 Å². The Bertz CT molecular complexity index is 951. The highest BCUT2D eigenvalue weighted by Gasteiger charge is 2.27. The van der Waals surface area contributed by atoms with E-state index in [1.165, 1.54) is 0 Å². The van der Waals surface area contributed by atoms with Crippen LogP contribution in [0.15, 0.2) is 47.0 Å². The Hall–Kier alpha value is -3.10. The number of hydrogen-bond donors (Lipinski definition) is 0. The molecule has 0 N–H and O–H groups in total. The zero-order chi connectivity index (χ0) is 20.9. The van der Waals surface area contributed by atoms with E-state index >= 15 is 0 Å². The molecule has 30 heavy (non-hydrogen) atoms. The summed E-state index contributed by atoms with van der Waals surface area (Å²) >= 11 is 0. The average molecular weight is 411 g/mol. The molecule has 3 aromatic rings. The van der Waals surface area contributed by atoms with Crippen molar-refractivity contribution in [1.29, 1.82) is 0 Å². The standard InChI is InChI=1S/C22H25N3O5/c1-26-17-11-15(12-18(27-2)20(17)28-3)13-25-9-10-29-19(14-25)22-23-21(24-30-22)16-7-5-4-6-8-16/h4-8,11-12,19H,9-10,13-14H2,1-3H3. The summed E-state index contributed by atoms with van der Waals surface area (Å²) in [6, 6.07) is 13.7. The van der Waals surface area contributed by atoms with Crippen molar-refractivity contribution >= 4 is 0 Å². The van der Waals surface area contributed by atoms with Crippen LogP contribution in [-0.2, 0) is 11.3 Å². The largest absolute Gasteiger partial charge is 0.493 e. The van der Waals surface area contributed by atoms with Gasteiger partial charge in [0.2, 0.25) is 11.6 Å². The van der Waals surface area contributed by atoms with Crippen LogP contribution >= 0.6 is 0 Å². The Kier molecular flexibility index (Phi) is 6.15. The number of aromatic nitrogens is 2. The predicted octanol–water partition coefficient (Wildman–Crippen LogP) is 3.34. The van der Waals surface area contributed by atoms with E-state index < -0.39 is 0 Å². The smallest absolute Gasteiger partial charge is 0.257 e. The lowest BCUT2D eigenvalue weighted by atomic mass is 10.1. The number of rotatable bonds is 7. The monoisotopic (exact) mass is 411 g/mol. The molecule has 1 fully saturated rings. The Morgan fingerprint density at radius 3 is 2.43 bits per heavy atom. The number of nitrogens with zero attached hydrogens (tertiary/aromatic N) is 3. The van der Waals surface area contributed by atoms with E-state index in [4.69, 9.17) is 23.5 Å². The molecular formula is C22H25N3O5. The lowest BCUT2D eigenvalue weighted by molar-refractivity contribution is -0.0475. The molecule has 0 aliphatic carbocycles. The van der Waals surface area contributed by atoms with Crippen molar-refractivity contribution in [2.45, 2.75) is 12.6 Å². The van der Waals surface area contributed by atoms with Gasteiger partial charge in [-0.2, -0.15) is 4.98 Å². The number of benzene rings is 2. The van der Waals surface area contributed by atoms with Crippen molar-refractivity contribution in [2.75, 3.05) is 41.0 Å². The first-order chi connectivity index (χ1) is 14.7. The lowest BCUT2D eigenvalue weighted by Gasteiger charge is -2.31. The van der Waals surface area contributed by atoms with Crippen molar-refractivity contribution in [3.8, 4) is 28.6 Å². The molecule has 1 aromatic heterocycles. The normalized spacial score (nSPS) is 17.0. The maximum atomic E-state index is 5.90. The first kappa shape index (κ1) is 20.2. The molecule has 0 radical (unpaired) electrons. The van der Waals surface area contributed by atoms with Crippen LogP contribution in [0.4, 0.5) is 0 Å². The van der Waals surface area contributed by atoms with Gasteiger partial charge in [-0.05, 0) is 17.7 Å². The fraction of sp³-hybridized carbons (Fsp3) is 0.364. The summed E-state index contributed by atoms with van der Waals surface area (Å²) < 4.78 is 27.7. The Balaban J connectivity index is 1.48. The Morgan fingerprint density at radius 2 is 1.77 bits per heavy atom. The van der Waals surface area contributed by atoms with Gasteiger partial charge in [0.15, 0.2) is 11.5 Å². The Morgan fingerprint density at radius 1 is 1.03 bits per heavy atom. The van der Waals surface area contributed by atoms with Crippen LogP contribution in [0.1, 0.15) is 17.6 Å². The van der Waals surface area contributed by atoms with Gasteiger partial charge in [-0.3, -0.25) is 4.90 Å². The summed E-state index contributed by atoms with van der Waals surface area (Å²) in [7, 11) is 4.83. The third-order valence-electron chi connectivity index (χ3n) is 5.03. The van der Waals surface area contributed by atoms with Crippen molar-refractivity contribution < 1.29 is 23.5 Å². The zero-order valence-electron chi connectivity index (χ0n) is 17.3. The molecule has 1 atom stereocenters. The minimum absolute atomic E-state index is 0.272. The summed E-state index contributed by atoms with van der Waals surface area (Å²) in [6.45, 7) is 2.73. The first-order valence-electron chi connectivity index (χ1n) is 9.73. The number of hydrogen-bond acceptors (Lipinski definition) is 8. The van der Waals surface area contributed by atoms with Crippen molar-refractivity contribution in [3.63, 3.8) is 0 Å². The summed E-state index contributed by atoms with van der Waals surface area (Å²) in [5, 5.41) is 4.10. The van der Waals surface area contributed by atoms with Gasteiger partial charge in [-0.15, -0.1) is 0 Å². The van der Waals surface area contributed by atoms with Gasteiger partial charge in [0.05, 0.1) is 27.9 Å². The summed E-state index contributed by atoms with van der Waals surface area (Å²) in [5.74, 6) is 2.92. The highest BCUT2D eigenvalue weighted by molar-refractivity contribution is 5.54. The fourth-order valence-electron chi connectivity index (χ4n) is 3.55. The molecule has 0 bridgehead atoms. The van der Waals surface area contributed by atoms with Gasteiger partial charge < -0.3 is 23.5 Å². The van der Waals surface area contributed by atoms with Crippen LogP contribution in [0.25, 0.3) is 11.4 Å². The van der Waals surface area contributed by atoms with Gasteiger partial charge in [-0.1, -0.05) is 35.5 Å². The second-order valence-electron chi connectivity index (χ2n) is 6.95. The van der Waals surface area contributed by atoms with E-state index in [2.05, 4.69) is 15.0 Å². The summed E-state index contributed by atoms with van der Waals surface area (Å²) in [5.41, 5.74) is 1.97. The first-order valence-corrected chi connectivity index (χ1v) is 9.73. The van der Waals surface area contributed by atoms with E-state index in [9.17, 15) is 0 Å². The van der Waals surface area contributed by atoms with Gasteiger partial charge in [0.25, 0.3) is 5.89 Å². The van der Waals surface area contributed by atoms with Gasteiger partial charge in [0.1, 0.15) is 6.10 Å². The van der Waals surface area contributed by atoms with E-state index in [1.807, 2.05) is 42.5 Å². The summed E-state index contributed by atoms with van der Waals surface area (Å²) in [6.07, 6.45) is -0.272. The average Bonchev–Trinajstić information content (AvgIpc) is 3.29. The molecule has 2 aromatic carbocycles. The van der Waals surface area contributed by atoms with Crippen LogP contribution in [0.3, 0.4) is 0 Å². The van der Waals surface area contributed by atoms with Crippen LogP contribution in [-0.4, -0.2) is 56.1 Å². The molecule has 0 amide bonds. The van der Waals surface area contributed by atoms with Crippen molar-refractivity contribution in [2.24, 2.45) is 0 Å². The summed E-state index contributed by atoms with van der Waals surface area (Å²) in [4.78, 5) is 6.82. The molecule has 1 aliphatic heterocycles. The molecule has 2 heterocycles. The zero-order valence-corrected chi connectivity index (χ0v) is 17.3. The topological polar surface area (TPSA) is 79.1 Å². The van der Waals surface area contributed by atoms with Gasteiger partial charge >= 0.3 is 0 Å². The third-order valence-corrected chi connectivity index (χ3v) is 5.03. The molecule has 1 saturated heterocycles. The second kappa shape index (κ2) is 9.15. The maximum absolute atomic E-state index is 5.90. The molecule has 1 aliphatic rings. The molecule has 158 valence electrons. The third kappa shape index (κ3) is 4.24. The highest BCUT2D eigenvalue weighted by atomic mass is 16.5. The number of ether oxygens (including phenoxy) is 4. The molecule has 0 spiro atoms. The van der Waals surface area contributed by atoms with E-state index in [-0.39, 0.29) is 6.10 Å². The maximum Gasteiger partial charge on any atom is 0.257 e. The molecule has 1 unspecified atom stereocenters. The molecule has 8 nitrogen and oxygen atoms in total. The second-order valence-corrected chi connectivity index (χ2v) is 6.95. The number of methoxy groups -OCH3 is 3. The fourth-order valence-corrected chi connectivity index (χ4v) is 3.55. The molecule has 8 heteroatoms. The molecule has 0 saturated carbocycles. The molecular weight excluding hydrogens is 386 g/mol. The highest BCUT2D eigenvalue weighted by Crippen LogP contribution is 2.38. The minimum Gasteiger partial charge on any atom is -0.493 e. The van der Waals surface area contributed by atoms with Crippen molar-refractivity contribution in [1.82, 2.24) is 15.0 Å². The van der Waals surface area contributed by atoms with E-state index in [0.717, 1.165) is 17.7 Å².